The lowest BCUT2D eigenvalue weighted by Gasteiger charge is -2.33. The van der Waals surface area contributed by atoms with Crippen LogP contribution in [0.5, 0.6) is 0 Å². The van der Waals surface area contributed by atoms with Gasteiger partial charge < -0.3 is 10.1 Å². The van der Waals surface area contributed by atoms with Crippen molar-refractivity contribution < 1.29 is 4.74 Å². The number of ether oxygens (including phenoxy) is 1. The monoisotopic (exact) mass is 239 g/mol. The summed E-state index contributed by atoms with van der Waals surface area (Å²) in [6, 6.07) is 4.41. The van der Waals surface area contributed by atoms with Crippen molar-refractivity contribution in [3.8, 4) is 0 Å². The first-order chi connectivity index (χ1) is 7.68. The molecule has 0 aromatic carbocycles. The van der Waals surface area contributed by atoms with E-state index >= 15 is 0 Å². The quantitative estimate of drug-likeness (QED) is 0.872. The van der Waals surface area contributed by atoms with Crippen molar-refractivity contribution in [2.24, 2.45) is 5.41 Å². The maximum Gasteiger partial charge on any atom is 0.0471 e. The Morgan fingerprint density at radius 1 is 1.38 bits per heavy atom. The lowest BCUT2D eigenvalue weighted by molar-refractivity contribution is 0.0240. The molecule has 0 unspecified atom stereocenters. The van der Waals surface area contributed by atoms with E-state index in [9.17, 15) is 0 Å². The van der Waals surface area contributed by atoms with Gasteiger partial charge in [-0.2, -0.15) is 0 Å². The molecule has 0 atom stereocenters. The van der Waals surface area contributed by atoms with Crippen LogP contribution in [0.3, 0.4) is 0 Å². The van der Waals surface area contributed by atoms with Crippen LogP contribution in [0.1, 0.15) is 29.5 Å². The van der Waals surface area contributed by atoms with Crippen LogP contribution in [0.25, 0.3) is 0 Å². The van der Waals surface area contributed by atoms with Crippen molar-refractivity contribution >= 4 is 11.3 Å². The third-order valence-electron chi connectivity index (χ3n) is 3.35. The van der Waals surface area contributed by atoms with E-state index in [4.69, 9.17) is 4.74 Å². The van der Waals surface area contributed by atoms with Crippen LogP contribution in [0.15, 0.2) is 12.1 Å². The van der Waals surface area contributed by atoms with E-state index in [1.54, 1.807) is 0 Å². The molecule has 2 heterocycles. The molecular weight excluding hydrogens is 218 g/mol. The van der Waals surface area contributed by atoms with E-state index in [1.807, 2.05) is 11.3 Å². The van der Waals surface area contributed by atoms with Crippen LogP contribution in [0, 0.1) is 12.3 Å². The van der Waals surface area contributed by atoms with Crippen molar-refractivity contribution in [1.29, 1.82) is 0 Å². The Hall–Kier alpha value is -0.380. The minimum atomic E-state index is 0.435. The molecular formula is C13H21NOS. The zero-order chi connectivity index (χ0) is 11.4. The number of hydrogen-bond donors (Lipinski definition) is 1. The van der Waals surface area contributed by atoms with Crippen molar-refractivity contribution in [2.45, 2.75) is 33.2 Å². The fourth-order valence-corrected chi connectivity index (χ4v) is 2.97. The Bertz CT molecular complexity index is 328. The van der Waals surface area contributed by atoms with Crippen molar-refractivity contribution in [2.75, 3.05) is 19.8 Å². The molecule has 3 heteroatoms. The molecule has 1 aromatic rings. The molecule has 0 amide bonds. The second kappa shape index (κ2) is 5.30. The highest BCUT2D eigenvalue weighted by atomic mass is 32.1. The first kappa shape index (κ1) is 12.1. The molecule has 1 aliphatic heterocycles. The fourth-order valence-electron chi connectivity index (χ4n) is 2.11. The average molecular weight is 239 g/mol. The van der Waals surface area contributed by atoms with Gasteiger partial charge in [-0.1, -0.05) is 6.92 Å². The van der Waals surface area contributed by atoms with Gasteiger partial charge in [0.25, 0.3) is 0 Å². The van der Waals surface area contributed by atoms with Gasteiger partial charge in [0.05, 0.1) is 0 Å². The second-order valence-corrected chi connectivity index (χ2v) is 6.41. The molecule has 2 nitrogen and oxygen atoms in total. The molecule has 1 aromatic heterocycles. The Morgan fingerprint density at radius 3 is 2.75 bits per heavy atom. The van der Waals surface area contributed by atoms with Gasteiger partial charge in [0.2, 0.25) is 0 Å². The first-order valence-corrected chi connectivity index (χ1v) is 6.83. The summed E-state index contributed by atoms with van der Waals surface area (Å²) in [7, 11) is 0. The second-order valence-electron chi connectivity index (χ2n) is 5.04. The molecule has 1 fully saturated rings. The summed E-state index contributed by atoms with van der Waals surface area (Å²) in [5.41, 5.74) is 0.435. The topological polar surface area (TPSA) is 21.3 Å². The molecule has 1 N–H and O–H groups in total. The lowest BCUT2D eigenvalue weighted by Crippen LogP contribution is -2.36. The van der Waals surface area contributed by atoms with E-state index in [0.29, 0.717) is 5.41 Å². The molecule has 2 rings (SSSR count). The Morgan fingerprint density at radius 2 is 2.12 bits per heavy atom. The summed E-state index contributed by atoms with van der Waals surface area (Å²) in [6.45, 7) is 8.49. The summed E-state index contributed by atoms with van der Waals surface area (Å²) in [4.78, 5) is 2.84. The van der Waals surface area contributed by atoms with Crippen LogP contribution in [0.4, 0.5) is 0 Å². The van der Waals surface area contributed by atoms with Gasteiger partial charge >= 0.3 is 0 Å². The number of aryl methyl sites for hydroxylation is 1. The number of rotatable bonds is 4. The Balaban J connectivity index is 1.74. The van der Waals surface area contributed by atoms with Crippen LogP contribution in [0.2, 0.25) is 0 Å². The van der Waals surface area contributed by atoms with E-state index in [-0.39, 0.29) is 0 Å². The fraction of sp³-hybridized carbons (Fsp3) is 0.692. The highest BCUT2D eigenvalue weighted by molar-refractivity contribution is 7.11. The minimum absolute atomic E-state index is 0.435. The van der Waals surface area contributed by atoms with Crippen LogP contribution in [-0.4, -0.2) is 19.8 Å². The third-order valence-corrected chi connectivity index (χ3v) is 4.35. The Kier molecular flexibility index (Phi) is 4.00. The van der Waals surface area contributed by atoms with Gasteiger partial charge in [-0.25, -0.2) is 0 Å². The summed E-state index contributed by atoms with van der Waals surface area (Å²) >= 11 is 1.89. The number of hydrogen-bond acceptors (Lipinski definition) is 3. The van der Waals surface area contributed by atoms with E-state index in [2.05, 4.69) is 31.3 Å². The summed E-state index contributed by atoms with van der Waals surface area (Å²) in [5.74, 6) is 0. The maximum atomic E-state index is 5.41. The van der Waals surface area contributed by atoms with E-state index < -0.39 is 0 Å². The number of nitrogens with one attached hydrogen (secondary N) is 1. The highest BCUT2D eigenvalue weighted by Crippen LogP contribution is 2.28. The van der Waals surface area contributed by atoms with Gasteiger partial charge in [-0.15, -0.1) is 11.3 Å². The summed E-state index contributed by atoms with van der Waals surface area (Å²) < 4.78 is 5.41. The Labute approximate surface area is 102 Å². The van der Waals surface area contributed by atoms with Gasteiger partial charge in [-0.3, -0.25) is 0 Å². The normalized spacial score (nSPS) is 19.9. The van der Waals surface area contributed by atoms with Gasteiger partial charge in [0, 0.05) is 36.1 Å². The zero-order valence-electron chi connectivity index (χ0n) is 10.2. The minimum Gasteiger partial charge on any atom is -0.381 e. The molecule has 16 heavy (non-hydrogen) atoms. The standard InChI is InChI=1S/C13H21NOS/c1-11-3-4-12(16-11)9-14-10-13(2)5-7-15-8-6-13/h3-4,14H,5-10H2,1-2H3. The molecule has 0 saturated carbocycles. The SMILES string of the molecule is Cc1ccc(CNCC2(C)CCOCC2)s1. The first-order valence-electron chi connectivity index (χ1n) is 6.02. The van der Waals surface area contributed by atoms with Crippen molar-refractivity contribution in [1.82, 2.24) is 5.32 Å². The van der Waals surface area contributed by atoms with E-state index in [0.717, 1.165) is 26.3 Å². The van der Waals surface area contributed by atoms with E-state index in [1.165, 1.54) is 22.6 Å². The van der Waals surface area contributed by atoms with Crippen LogP contribution < -0.4 is 5.32 Å². The van der Waals surface area contributed by atoms with Gasteiger partial charge in [0.1, 0.15) is 0 Å². The maximum absolute atomic E-state index is 5.41. The van der Waals surface area contributed by atoms with Crippen molar-refractivity contribution in [3.63, 3.8) is 0 Å². The molecule has 0 bridgehead atoms. The third kappa shape index (κ3) is 3.30. The lowest BCUT2D eigenvalue weighted by atomic mass is 9.82. The smallest absolute Gasteiger partial charge is 0.0471 e. The molecule has 1 aliphatic rings. The van der Waals surface area contributed by atoms with Gasteiger partial charge in [-0.05, 0) is 37.3 Å². The molecule has 0 aliphatic carbocycles. The molecule has 90 valence electrons. The van der Waals surface area contributed by atoms with Crippen LogP contribution >= 0.6 is 11.3 Å². The van der Waals surface area contributed by atoms with Crippen LogP contribution in [-0.2, 0) is 11.3 Å². The van der Waals surface area contributed by atoms with Crippen molar-refractivity contribution in [3.05, 3.63) is 21.9 Å². The highest BCUT2D eigenvalue weighted by Gasteiger charge is 2.26. The molecule has 0 radical (unpaired) electrons. The summed E-state index contributed by atoms with van der Waals surface area (Å²) in [6.07, 6.45) is 2.37. The summed E-state index contributed by atoms with van der Waals surface area (Å²) in [5, 5.41) is 3.58. The average Bonchev–Trinajstić information content (AvgIpc) is 2.65. The number of thiophene rings is 1. The predicted molar refractivity (Wildman–Crippen MR) is 68.9 cm³/mol. The molecule has 1 saturated heterocycles. The van der Waals surface area contributed by atoms with Gasteiger partial charge in [0.15, 0.2) is 0 Å². The molecule has 0 spiro atoms. The largest absolute Gasteiger partial charge is 0.381 e. The zero-order valence-corrected chi connectivity index (χ0v) is 11.0. The predicted octanol–water partition coefficient (Wildman–Crippen LogP) is 2.96.